The van der Waals surface area contributed by atoms with Gasteiger partial charge in [-0.2, -0.15) is 0 Å². The molecule has 90 valence electrons. The van der Waals surface area contributed by atoms with Crippen LogP contribution in [0.3, 0.4) is 0 Å². The molecule has 1 unspecified atom stereocenters. The number of ether oxygens (including phenoxy) is 1. The number of methoxy groups -OCH3 is 1. The second-order valence-electron chi connectivity index (χ2n) is 3.60. The molecule has 5 heteroatoms. The van der Waals surface area contributed by atoms with Crippen molar-refractivity contribution in [3.63, 3.8) is 0 Å². The van der Waals surface area contributed by atoms with Gasteiger partial charge in [0, 0.05) is 18.5 Å². The maximum Gasteiger partial charge on any atom is 0.223 e. The van der Waals surface area contributed by atoms with Crippen LogP contribution in [0.25, 0.3) is 0 Å². The van der Waals surface area contributed by atoms with Gasteiger partial charge in [0.1, 0.15) is 0 Å². The smallest absolute Gasteiger partial charge is 0.223 e. The Morgan fingerprint density at radius 2 is 2.44 bits per heavy atom. The van der Waals surface area contributed by atoms with Crippen LogP contribution in [0.2, 0.25) is 0 Å². The van der Waals surface area contributed by atoms with Crippen molar-refractivity contribution < 1.29 is 9.53 Å². The van der Waals surface area contributed by atoms with Gasteiger partial charge in [0.2, 0.25) is 5.91 Å². The van der Waals surface area contributed by atoms with Crippen LogP contribution >= 0.6 is 11.3 Å². The molecule has 1 aromatic rings. The van der Waals surface area contributed by atoms with E-state index < -0.39 is 0 Å². The van der Waals surface area contributed by atoms with Gasteiger partial charge in [-0.25, -0.2) is 0 Å². The van der Waals surface area contributed by atoms with E-state index in [9.17, 15) is 4.79 Å². The highest BCUT2D eigenvalue weighted by molar-refractivity contribution is 7.10. The first-order valence-corrected chi connectivity index (χ1v) is 6.11. The summed E-state index contributed by atoms with van der Waals surface area (Å²) in [5, 5.41) is 4.91. The standard InChI is InChI=1S/C11H18N2O2S/c1-8(10-4-3-5-16-10)13-11(14)6-9(7-12)15-2/h3-5,8-9H,6-7,12H2,1-2H3,(H,13,14)/t8-,9?/m0/s1. The van der Waals surface area contributed by atoms with Gasteiger partial charge in [-0.05, 0) is 18.4 Å². The number of thiophene rings is 1. The van der Waals surface area contributed by atoms with E-state index in [4.69, 9.17) is 10.5 Å². The molecule has 0 fully saturated rings. The molecule has 4 nitrogen and oxygen atoms in total. The minimum Gasteiger partial charge on any atom is -0.380 e. The maximum absolute atomic E-state index is 11.6. The second kappa shape index (κ2) is 6.62. The number of hydrogen-bond acceptors (Lipinski definition) is 4. The van der Waals surface area contributed by atoms with E-state index in [1.165, 1.54) is 0 Å². The van der Waals surface area contributed by atoms with E-state index in [0.29, 0.717) is 13.0 Å². The van der Waals surface area contributed by atoms with Crippen molar-refractivity contribution in [2.75, 3.05) is 13.7 Å². The highest BCUT2D eigenvalue weighted by atomic mass is 32.1. The lowest BCUT2D eigenvalue weighted by molar-refractivity contribution is -0.124. The van der Waals surface area contributed by atoms with Crippen LogP contribution in [-0.2, 0) is 9.53 Å². The number of carbonyl (C=O) groups excluding carboxylic acids is 1. The van der Waals surface area contributed by atoms with Crippen LogP contribution in [-0.4, -0.2) is 25.7 Å². The molecule has 0 aliphatic carbocycles. The summed E-state index contributed by atoms with van der Waals surface area (Å²) in [7, 11) is 1.56. The third-order valence-corrected chi connectivity index (χ3v) is 3.41. The molecular formula is C11H18N2O2S. The van der Waals surface area contributed by atoms with Gasteiger partial charge in [-0.15, -0.1) is 11.3 Å². The van der Waals surface area contributed by atoms with E-state index in [-0.39, 0.29) is 18.1 Å². The van der Waals surface area contributed by atoms with E-state index in [1.54, 1.807) is 18.4 Å². The molecule has 2 atom stereocenters. The minimum atomic E-state index is -0.199. The number of hydrogen-bond donors (Lipinski definition) is 2. The highest BCUT2D eigenvalue weighted by Crippen LogP contribution is 2.18. The van der Waals surface area contributed by atoms with Crippen LogP contribution in [0.1, 0.15) is 24.3 Å². The van der Waals surface area contributed by atoms with E-state index in [1.807, 2.05) is 24.4 Å². The Labute approximate surface area is 99.8 Å². The molecule has 0 radical (unpaired) electrons. The highest BCUT2D eigenvalue weighted by Gasteiger charge is 2.14. The number of nitrogens with two attached hydrogens (primary N) is 1. The van der Waals surface area contributed by atoms with Crippen molar-refractivity contribution in [2.45, 2.75) is 25.5 Å². The van der Waals surface area contributed by atoms with Crippen molar-refractivity contribution in [1.82, 2.24) is 5.32 Å². The normalized spacial score (nSPS) is 14.4. The molecule has 1 rings (SSSR count). The lowest BCUT2D eigenvalue weighted by Crippen LogP contribution is -2.33. The quantitative estimate of drug-likeness (QED) is 0.790. The second-order valence-corrected chi connectivity index (χ2v) is 4.58. The third-order valence-electron chi connectivity index (χ3n) is 2.36. The summed E-state index contributed by atoms with van der Waals surface area (Å²) in [6, 6.07) is 4.02. The third kappa shape index (κ3) is 3.92. The fourth-order valence-corrected chi connectivity index (χ4v) is 2.11. The van der Waals surface area contributed by atoms with Crippen LogP contribution in [0, 0.1) is 0 Å². The minimum absolute atomic E-state index is 0.0294. The molecule has 0 saturated carbocycles. The molecule has 0 saturated heterocycles. The molecule has 1 heterocycles. The van der Waals surface area contributed by atoms with Gasteiger partial charge >= 0.3 is 0 Å². The Morgan fingerprint density at radius 3 is 2.94 bits per heavy atom. The van der Waals surface area contributed by atoms with Gasteiger partial charge in [-0.1, -0.05) is 6.07 Å². The summed E-state index contributed by atoms with van der Waals surface area (Å²) in [6.07, 6.45) is 0.110. The van der Waals surface area contributed by atoms with Crippen LogP contribution in [0.5, 0.6) is 0 Å². The molecule has 16 heavy (non-hydrogen) atoms. The largest absolute Gasteiger partial charge is 0.380 e. The summed E-state index contributed by atoms with van der Waals surface area (Å²) in [5.74, 6) is -0.0294. The maximum atomic E-state index is 11.6. The topological polar surface area (TPSA) is 64.3 Å². The van der Waals surface area contributed by atoms with Crippen molar-refractivity contribution in [1.29, 1.82) is 0 Å². The molecule has 0 aromatic carbocycles. The van der Waals surface area contributed by atoms with Crippen LogP contribution in [0.15, 0.2) is 17.5 Å². The van der Waals surface area contributed by atoms with Crippen molar-refractivity contribution in [3.05, 3.63) is 22.4 Å². The van der Waals surface area contributed by atoms with Gasteiger partial charge < -0.3 is 15.8 Å². The predicted octanol–water partition coefficient (Wildman–Crippen LogP) is 1.29. The lowest BCUT2D eigenvalue weighted by atomic mass is 10.2. The van der Waals surface area contributed by atoms with Gasteiger partial charge in [-0.3, -0.25) is 4.79 Å². The van der Waals surface area contributed by atoms with E-state index in [0.717, 1.165) is 4.88 Å². The number of amides is 1. The van der Waals surface area contributed by atoms with Gasteiger partial charge in [0.15, 0.2) is 0 Å². The molecule has 0 aliphatic rings. The molecule has 1 amide bonds. The predicted molar refractivity (Wildman–Crippen MR) is 65.3 cm³/mol. The van der Waals surface area contributed by atoms with Crippen molar-refractivity contribution in [2.24, 2.45) is 5.73 Å². The van der Waals surface area contributed by atoms with Crippen molar-refractivity contribution >= 4 is 17.2 Å². The summed E-state index contributed by atoms with van der Waals surface area (Å²) in [6.45, 7) is 2.32. The molecule has 0 aliphatic heterocycles. The molecule has 1 aromatic heterocycles. The first-order chi connectivity index (χ1) is 7.67. The Bertz CT molecular complexity index is 310. The molecular weight excluding hydrogens is 224 g/mol. The fourth-order valence-electron chi connectivity index (χ4n) is 1.38. The fraction of sp³-hybridized carbons (Fsp3) is 0.545. The van der Waals surface area contributed by atoms with Gasteiger partial charge in [0.05, 0.1) is 18.6 Å². The summed E-state index contributed by atoms with van der Waals surface area (Å²) < 4.78 is 5.06. The molecule has 0 spiro atoms. The van der Waals surface area contributed by atoms with E-state index >= 15 is 0 Å². The molecule has 3 N–H and O–H groups in total. The monoisotopic (exact) mass is 242 g/mol. The Morgan fingerprint density at radius 1 is 1.69 bits per heavy atom. The zero-order valence-electron chi connectivity index (χ0n) is 9.60. The average molecular weight is 242 g/mol. The Balaban J connectivity index is 2.39. The number of nitrogens with one attached hydrogen (secondary N) is 1. The van der Waals surface area contributed by atoms with Gasteiger partial charge in [0.25, 0.3) is 0 Å². The Kier molecular flexibility index (Phi) is 5.45. The zero-order valence-corrected chi connectivity index (χ0v) is 10.4. The summed E-state index contributed by atoms with van der Waals surface area (Å²) >= 11 is 1.63. The van der Waals surface area contributed by atoms with Crippen molar-refractivity contribution in [3.8, 4) is 0 Å². The van der Waals surface area contributed by atoms with Crippen LogP contribution < -0.4 is 11.1 Å². The first kappa shape index (κ1) is 13.2. The first-order valence-electron chi connectivity index (χ1n) is 5.23. The zero-order chi connectivity index (χ0) is 12.0. The van der Waals surface area contributed by atoms with E-state index in [2.05, 4.69) is 5.32 Å². The average Bonchev–Trinajstić information content (AvgIpc) is 2.79. The Hall–Kier alpha value is -0.910. The number of carbonyl (C=O) groups is 1. The number of rotatable bonds is 6. The lowest BCUT2D eigenvalue weighted by Gasteiger charge is -2.15. The summed E-state index contributed by atoms with van der Waals surface area (Å²) in [4.78, 5) is 12.8. The molecule has 0 bridgehead atoms. The summed E-state index contributed by atoms with van der Waals surface area (Å²) in [5.41, 5.74) is 5.45. The van der Waals surface area contributed by atoms with Crippen LogP contribution in [0.4, 0.5) is 0 Å². The SMILES string of the molecule is COC(CN)CC(=O)N[C@@H](C)c1cccs1.